The molecule has 0 atom stereocenters. The van der Waals surface area contributed by atoms with Crippen LogP contribution in [0.1, 0.15) is 18.9 Å². The number of rotatable bonds is 0. The summed E-state index contributed by atoms with van der Waals surface area (Å²) in [5.74, 6) is 0. The lowest BCUT2D eigenvalue weighted by Gasteiger charge is -1.82. The SMILES string of the molecule is CC.Cc1sc2ccccc2[n+]1C. The van der Waals surface area contributed by atoms with E-state index in [4.69, 9.17) is 0 Å². The normalized spacial score (nSPS) is 9.54. The zero-order chi connectivity index (χ0) is 9.84. The van der Waals surface area contributed by atoms with Crippen LogP contribution in [0, 0.1) is 6.92 Å². The van der Waals surface area contributed by atoms with Gasteiger partial charge in [0, 0.05) is 13.0 Å². The van der Waals surface area contributed by atoms with E-state index in [0.717, 1.165) is 0 Å². The first-order valence-corrected chi connectivity index (χ1v) is 5.45. The van der Waals surface area contributed by atoms with E-state index >= 15 is 0 Å². The summed E-state index contributed by atoms with van der Waals surface area (Å²) in [5, 5.41) is 1.35. The van der Waals surface area contributed by atoms with Crippen LogP contribution < -0.4 is 4.57 Å². The van der Waals surface area contributed by atoms with E-state index in [0.29, 0.717) is 0 Å². The van der Waals surface area contributed by atoms with Crippen LogP contribution >= 0.6 is 11.3 Å². The molecule has 0 aliphatic rings. The number of benzene rings is 1. The maximum Gasteiger partial charge on any atom is 0.234 e. The molecule has 2 rings (SSSR count). The van der Waals surface area contributed by atoms with Gasteiger partial charge in [0.15, 0.2) is 0 Å². The van der Waals surface area contributed by atoms with Crippen LogP contribution in [0.4, 0.5) is 0 Å². The molecule has 0 unspecified atom stereocenters. The first-order chi connectivity index (χ1) is 6.29. The monoisotopic (exact) mass is 194 g/mol. The topological polar surface area (TPSA) is 3.88 Å². The Bertz CT molecular complexity index is 390. The molecule has 70 valence electrons. The molecule has 0 radical (unpaired) electrons. The van der Waals surface area contributed by atoms with Crippen molar-refractivity contribution in [2.75, 3.05) is 0 Å². The number of para-hydroxylation sites is 1. The van der Waals surface area contributed by atoms with Gasteiger partial charge in [-0.2, -0.15) is 4.57 Å². The molecule has 0 fully saturated rings. The fraction of sp³-hybridized carbons (Fsp3) is 0.364. The lowest BCUT2D eigenvalue weighted by Crippen LogP contribution is -2.28. The van der Waals surface area contributed by atoms with Crippen LogP contribution in [-0.4, -0.2) is 0 Å². The Morgan fingerprint density at radius 2 is 1.77 bits per heavy atom. The summed E-state index contributed by atoms with van der Waals surface area (Å²) in [7, 11) is 2.11. The lowest BCUT2D eigenvalue weighted by molar-refractivity contribution is -0.646. The molecule has 2 aromatic rings. The van der Waals surface area contributed by atoms with E-state index in [1.165, 1.54) is 15.2 Å². The maximum absolute atomic E-state index is 2.22. The van der Waals surface area contributed by atoms with E-state index in [-0.39, 0.29) is 0 Å². The van der Waals surface area contributed by atoms with Crippen molar-refractivity contribution >= 4 is 21.6 Å². The molecule has 0 spiro atoms. The van der Waals surface area contributed by atoms with Crippen LogP contribution in [0.2, 0.25) is 0 Å². The largest absolute Gasteiger partial charge is 0.234 e. The Kier molecular flexibility index (Phi) is 3.43. The molecule has 0 saturated heterocycles. The van der Waals surface area contributed by atoms with E-state index in [1.54, 1.807) is 0 Å². The number of nitrogens with zero attached hydrogens (tertiary/aromatic N) is 1. The standard InChI is InChI=1S/C9H10NS.C2H6/c1-7-10(2)8-5-3-4-6-9(8)11-7;1-2/h3-6H,1-2H3;1-2H3/q+1;. The fourth-order valence-corrected chi connectivity index (χ4v) is 2.23. The number of hydrogen-bond donors (Lipinski definition) is 0. The second-order valence-corrected chi connectivity index (χ2v) is 3.88. The Hall–Kier alpha value is -0.890. The van der Waals surface area contributed by atoms with Crippen molar-refractivity contribution in [1.82, 2.24) is 0 Å². The molecular weight excluding hydrogens is 178 g/mol. The predicted molar refractivity (Wildman–Crippen MR) is 59.1 cm³/mol. The number of fused-ring (bicyclic) bond motifs is 1. The molecule has 13 heavy (non-hydrogen) atoms. The minimum absolute atomic E-state index is 1.33. The molecule has 2 heteroatoms. The highest BCUT2D eigenvalue weighted by Crippen LogP contribution is 2.17. The Morgan fingerprint density at radius 1 is 1.15 bits per heavy atom. The van der Waals surface area contributed by atoms with Crippen molar-refractivity contribution in [1.29, 1.82) is 0 Å². The molecular formula is C11H16NS+. The van der Waals surface area contributed by atoms with Gasteiger partial charge in [-0.1, -0.05) is 37.3 Å². The highest BCUT2D eigenvalue weighted by Gasteiger charge is 2.10. The van der Waals surface area contributed by atoms with Crippen LogP contribution in [0.5, 0.6) is 0 Å². The average Bonchev–Trinajstić information content (AvgIpc) is 2.47. The van der Waals surface area contributed by atoms with Gasteiger partial charge in [-0.25, -0.2) is 0 Å². The maximum atomic E-state index is 2.22. The second-order valence-electron chi connectivity index (χ2n) is 2.65. The Labute approximate surface area is 83.6 Å². The van der Waals surface area contributed by atoms with E-state index in [2.05, 4.69) is 42.8 Å². The smallest absolute Gasteiger partial charge is 0.189 e. The summed E-state index contributed by atoms with van der Waals surface area (Å²) < 4.78 is 3.59. The third-order valence-electron chi connectivity index (χ3n) is 1.96. The average molecular weight is 194 g/mol. The minimum atomic E-state index is 1.33. The summed E-state index contributed by atoms with van der Waals surface area (Å²) >= 11 is 1.84. The summed E-state index contributed by atoms with van der Waals surface area (Å²) in [4.78, 5) is 0. The van der Waals surface area contributed by atoms with Crippen molar-refractivity contribution < 1.29 is 4.57 Å². The molecule has 0 saturated carbocycles. The first kappa shape index (κ1) is 10.2. The van der Waals surface area contributed by atoms with Gasteiger partial charge in [0.25, 0.3) is 0 Å². The van der Waals surface area contributed by atoms with Gasteiger partial charge in [-0.3, -0.25) is 0 Å². The molecule has 1 nitrogen and oxygen atoms in total. The van der Waals surface area contributed by atoms with Gasteiger partial charge in [0.1, 0.15) is 11.7 Å². The van der Waals surface area contributed by atoms with Crippen LogP contribution in [0.25, 0.3) is 10.2 Å². The fourth-order valence-electron chi connectivity index (χ4n) is 1.22. The van der Waals surface area contributed by atoms with Gasteiger partial charge >= 0.3 is 0 Å². The van der Waals surface area contributed by atoms with Crippen LogP contribution in [0.15, 0.2) is 24.3 Å². The van der Waals surface area contributed by atoms with Gasteiger partial charge in [-0.05, 0) is 6.07 Å². The molecule has 1 aromatic heterocycles. The number of aromatic nitrogens is 1. The third kappa shape index (κ3) is 1.89. The van der Waals surface area contributed by atoms with Gasteiger partial charge in [0.05, 0.1) is 0 Å². The van der Waals surface area contributed by atoms with Gasteiger partial charge < -0.3 is 0 Å². The highest BCUT2D eigenvalue weighted by molar-refractivity contribution is 7.18. The third-order valence-corrected chi connectivity index (χ3v) is 3.09. The van der Waals surface area contributed by atoms with Crippen molar-refractivity contribution in [2.24, 2.45) is 7.05 Å². The van der Waals surface area contributed by atoms with Crippen molar-refractivity contribution in [3.8, 4) is 0 Å². The summed E-state index contributed by atoms with van der Waals surface area (Å²) in [6, 6.07) is 8.47. The molecule has 0 N–H and O–H groups in total. The second kappa shape index (κ2) is 4.38. The molecule has 0 aliphatic carbocycles. The number of thiazole rings is 1. The summed E-state index contributed by atoms with van der Waals surface area (Å²) in [6.45, 7) is 6.14. The van der Waals surface area contributed by atoms with E-state index < -0.39 is 0 Å². The van der Waals surface area contributed by atoms with Crippen molar-refractivity contribution in [2.45, 2.75) is 20.8 Å². The zero-order valence-electron chi connectivity index (χ0n) is 8.66. The summed E-state index contributed by atoms with van der Waals surface area (Å²) in [6.07, 6.45) is 0. The van der Waals surface area contributed by atoms with Crippen molar-refractivity contribution in [3.63, 3.8) is 0 Å². The van der Waals surface area contributed by atoms with E-state index in [1.807, 2.05) is 25.2 Å². The zero-order valence-corrected chi connectivity index (χ0v) is 9.48. The molecule has 0 aliphatic heterocycles. The molecule has 1 aromatic carbocycles. The molecule has 0 amide bonds. The number of aryl methyl sites for hydroxylation is 2. The first-order valence-electron chi connectivity index (χ1n) is 4.63. The van der Waals surface area contributed by atoms with Crippen LogP contribution in [-0.2, 0) is 7.05 Å². The molecule has 0 bridgehead atoms. The molecule has 1 heterocycles. The van der Waals surface area contributed by atoms with Crippen LogP contribution in [0.3, 0.4) is 0 Å². The Balaban J connectivity index is 0.000000396. The predicted octanol–water partition coefficient (Wildman–Crippen LogP) is 3.06. The lowest BCUT2D eigenvalue weighted by atomic mass is 10.3. The Morgan fingerprint density at radius 3 is 2.38 bits per heavy atom. The number of hydrogen-bond acceptors (Lipinski definition) is 1. The quantitative estimate of drug-likeness (QED) is 0.567. The summed E-state index contributed by atoms with van der Waals surface area (Å²) in [5.41, 5.74) is 1.33. The van der Waals surface area contributed by atoms with Gasteiger partial charge in [0.2, 0.25) is 10.5 Å². The van der Waals surface area contributed by atoms with Gasteiger partial charge in [-0.15, -0.1) is 0 Å². The minimum Gasteiger partial charge on any atom is -0.189 e. The highest BCUT2D eigenvalue weighted by atomic mass is 32.1. The van der Waals surface area contributed by atoms with Crippen molar-refractivity contribution in [3.05, 3.63) is 29.3 Å². The van der Waals surface area contributed by atoms with E-state index in [9.17, 15) is 0 Å².